The Kier molecular flexibility index (Phi) is 6.26. The number of methoxy groups -OCH3 is 3. The van der Waals surface area contributed by atoms with Gasteiger partial charge in [0.25, 0.3) is 0 Å². The van der Waals surface area contributed by atoms with Gasteiger partial charge in [-0.15, -0.1) is 0 Å². The van der Waals surface area contributed by atoms with Crippen LogP contribution in [0.15, 0.2) is 36.4 Å². The van der Waals surface area contributed by atoms with E-state index in [-0.39, 0.29) is 18.4 Å². The van der Waals surface area contributed by atoms with E-state index in [0.717, 1.165) is 17.5 Å². The molecule has 0 fully saturated rings. The van der Waals surface area contributed by atoms with E-state index < -0.39 is 0 Å². The first-order chi connectivity index (χ1) is 14.0. The van der Waals surface area contributed by atoms with Crippen LogP contribution < -0.4 is 19.1 Å². The molecule has 29 heavy (non-hydrogen) atoms. The van der Waals surface area contributed by atoms with Crippen molar-refractivity contribution < 1.29 is 23.8 Å². The van der Waals surface area contributed by atoms with Gasteiger partial charge in [0.2, 0.25) is 11.8 Å². The lowest BCUT2D eigenvalue weighted by Gasteiger charge is -2.31. The maximum atomic E-state index is 12.9. The summed E-state index contributed by atoms with van der Waals surface area (Å²) in [5, 5.41) is 0. The number of hydrogen-bond donors (Lipinski definition) is 0. The van der Waals surface area contributed by atoms with Gasteiger partial charge in [0.05, 0.1) is 21.3 Å². The van der Waals surface area contributed by atoms with Crippen LogP contribution in [0, 0.1) is 0 Å². The number of carbonyl (C=O) groups excluding carboxylic acids is 2. The van der Waals surface area contributed by atoms with Gasteiger partial charge in [0, 0.05) is 25.7 Å². The maximum Gasteiger partial charge on any atom is 0.242 e. The summed E-state index contributed by atoms with van der Waals surface area (Å²) in [5.41, 5.74) is 2.84. The van der Waals surface area contributed by atoms with Crippen molar-refractivity contribution in [1.82, 2.24) is 4.90 Å². The van der Waals surface area contributed by atoms with Crippen LogP contribution in [-0.4, -0.2) is 51.1 Å². The van der Waals surface area contributed by atoms with Gasteiger partial charge in [0.15, 0.2) is 11.5 Å². The van der Waals surface area contributed by atoms with E-state index in [2.05, 4.69) is 0 Å². The highest BCUT2D eigenvalue weighted by Gasteiger charge is 2.25. The predicted octanol–water partition coefficient (Wildman–Crippen LogP) is 2.65. The Morgan fingerprint density at radius 3 is 2.14 bits per heavy atom. The fourth-order valence-electron chi connectivity index (χ4n) is 3.48. The van der Waals surface area contributed by atoms with Crippen molar-refractivity contribution in [1.29, 1.82) is 0 Å². The highest BCUT2D eigenvalue weighted by Crippen LogP contribution is 2.33. The van der Waals surface area contributed by atoms with E-state index in [1.54, 1.807) is 50.5 Å². The van der Waals surface area contributed by atoms with Crippen LogP contribution in [0.2, 0.25) is 0 Å². The molecule has 2 amide bonds. The van der Waals surface area contributed by atoms with Gasteiger partial charge >= 0.3 is 0 Å². The minimum atomic E-state index is -0.188. The maximum absolute atomic E-state index is 12.9. The molecule has 0 radical (unpaired) electrons. The number of rotatable bonds is 6. The molecule has 0 spiro atoms. The van der Waals surface area contributed by atoms with Gasteiger partial charge in [-0.2, -0.15) is 0 Å². The second-order valence-electron chi connectivity index (χ2n) is 6.84. The minimum absolute atomic E-state index is 0.00964. The molecule has 1 aliphatic rings. The largest absolute Gasteiger partial charge is 0.497 e. The molecule has 3 rings (SSSR count). The van der Waals surface area contributed by atoms with Gasteiger partial charge < -0.3 is 24.0 Å². The Hall–Kier alpha value is -3.22. The highest BCUT2D eigenvalue weighted by molar-refractivity contribution is 5.97. The fraction of sp³-hybridized carbons (Fsp3) is 0.364. The molecule has 0 saturated heterocycles. The third-order valence-corrected chi connectivity index (χ3v) is 5.13. The lowest BCUT2D eigenvalue weighted by molar-refractivity contribution is -0.132. The van der Waals surface area contributed by atoms with Crippen LogP contribution in [0.5, 0.6) is 17.2 Å². The molecule has 2 aromatic carbocycles. The van der Waals surface area contributed by atoms with E-state index in [0.29, 0.717) is 36.0 Å². The molecule has 7 nitrogen and oxygen atoms in total. The number of anilines is 1. The fourth-order valence-corrected chi connectivity index (χ4v) is 3.48. The second kappa shape index (κ2) is 8.86. The van der Waals surface area contributed by atoms with E-state index >= 15 is 0 Å². The van der Waals surface area contributed by atoms with Crippen LogP contribution >= 0.6 is 0 Å². The molecule has 0 aromatic heterocycles. The topological polar surface area (TPSA) is 68.3 Å². The van der Waals surface area contributed by atoms with Gasteiger partial charge in [-0.1, -0.05) is 0 Å². The SMILES string of the molecule is COc1ccc(N(CC(=O)N2CCc3cc(OC)c(OC)cc3C2)C(C)=O)cc1. The smallest absolute Gasteiger partial charge is 0.242 e. The molecule has 2 aromatic rings. The molecule has 0 atom stereocenters. The van der Waals surface area contributed by atoms with Gasteiger partial charge in [-0.05, 0) is 53.9 Å². The molecule has 154 valence electrons. The number of fused-ring (bicyclic) bond motifs is 1. The number of hydrogen-bond acceptors (Lipinski definition) is 5. The summed E-state index contributed by atoms with van der Waals surface area (Å²) >= 11 is 0. The summed E-state index contributed by atoms with van der Waals surface area (Å²) in [6.45, 7) is 2.52. The van der Waals surface area contributed by atoms with Crippen LogP contribution in [0.25, 0.3) is 0 Å². The van der Waals surface area contributed by atoms with Gasteiger partial charge in [-0.25, -0.2) is 0 Å². The summed E-state index contributed by atoms with van der Waals surface area (Å²) < 4.78 is 15.9. The molecule has 0 bridgehead atoms. The Morgan fingerprint density at radius 1 is 0.966 bits per heavy atom. The molecule has 7 heteroatoms. The number of amides is 2. The monoisotopic (exact) mass is 398 g/mol. The van der Waals surface area contributed by atoms with Crippen LogP contribution in [0.1, 0.15) is 18.1 Å². The van der Waals surface area contributed by atoms with Crippen molar-refractivity contribution in [3.63, 3.8) is 0 Å². The number of benzene rings is 2. The first-order valence-electron chi connectivity index (χ1n) is 9.40. The lowest BCUT2D eigenvalue weighted by Crippen LogP contribution is -2.44. The van der Waals surface area contributed by atoms with E-state index in [1.807, 2.05) is 12.1 Å². The second-order valence-corrected chi connectivity index (χ2v) is 6.84. The van der Waals surface area contributed by atoms with Crippen molar-refractivity contribution in [2.24, 2.45) is 0 Å². The quantitative estimate of drug-likeness (QED) is 0.748. The molecule has 1 aliphatic heterocycles. The third-order valence-electron chi connectivity index (χ3n) is 5.13. The lowest BCUT2D eigenvalue weighted by atomic mass is 9.98. The Balaban J connectivity index is 1.75. The zero-order valence-corrected chi connectivity index (χ0v) is 17.2. The van der Waals surface area contributed by atoms with Crippen molar-refractivity contribution in [3.05, 3.63) is 47.5 Å². The van der Waals surface area contributed by atoms with Crippen molar-refractivity contribution in [2.75, 3.05) is 39.3 Å². The van der Waals surface area contributed by atoms with Gasteiger partial charge in [-0.3, -0.25) is 9.59 Å². The number of carbonyl (C=O) groups is 2. The van der Waals surface area contributed by atoms with E-state index in [4.69, 9.17) is 14.2 Å². The Morgan fingerprint density at radius 2 is 1.59 bits per heavy atom. The first-order valence-corrected chi connectivity index (χ1v) is 9.40. The summed E-state index contributed by atoms with van der Waals surface area (Å²) in [6.07, 6.45) is 0.726. The minimum Gasteiger partial charge on any atom is -0.497 e. The van der Waals surface area contributed by atoms with E-state index in [9.17, 15) is 9.59 Å². The predicted molar refractivity (Wildman–Crippen MR) is 110 cm³/mol. The Labute approximate surface area is 170 Å². The normalized spacial score (nSPS) is 12.8. The van der Waals surface area contributed by atoms with E-state index in [1.165, 1.54) is 11.8 Å². The molecular weight excluding hydrogens is 372 g/mol. The molecule has 0 unspecified atom stereocenters. The highest BCUT2D eigenvalue weighted by atomic mass is 16.5. The Bertz CT molecular complexity index is 895. The van der Waals surface area contributed by atoms with Crippen molar-refractivity contribution in [3.8, 4) is 17.2 Å². The standard InChI is InChI=1S/C22H26N2O5/c1-15(25)24(18-5-7-19(27-2)8-6-18)14-22(26)23-10-9-16-11-20(28-3)21(29-4)12-17(16)13-23/h5-8,11-12H,9-10,13-14H2,1-4H3. The van der Waals surface area contributed by atoms with Gasteiger partial charge in [0.1, 0.15) is 12.3 Å². The average molecular weight is 398 g/mol. The molecule has 0 N–H and O–H groups in total. The summed E-state index contributed by atoms with van der Waals surface area (Å²) in [7, 11) is 4.79. The van der Waals surface area contributed by atoms with Crippen molar-refractivity contribution >= 4 is 17.5 Å². The van der Waals surface area contributed by atoms with Crippen LogP contribution in [-0.2, 0) is 22.6 Å². The average Bonchev–Trinajstić information content (AvgIpc) is 2.75. The zero-order valence-electron chi connectivity index (χ0n) is 17.2. The number of ether oxygens (including phenoxy) is 3. The number of nitrogens with zero attached hydrogens (tertiary/aromatic N) is 2. The third kappa shape index (κ3) is 4.45. The molecule has 1 heterocycles. The summed E-state index contributed by atoms with van der Waals surface area (Å²) in [6, 6.07) is 11.0. The first kappa shape index (κ1) is 20.5. The van der Waals surface area contributed by atoms with Crippen molar-refractivity contribution in [2.45, 2.75) is 19.9 Å². The van der Waals surface area contributed by atoms with Crippen LogP contribution in [0.3, 0.4) is 0 Å². The molecular formula is C22H26N2O5. The molecule has 0 aliphatic carbocycles. The summed E-state index contributed by atoms with van der Waals surface area (Å²) in [4.78, 5) is 28.4. The zero-order chi connectivity index (χ0) is 21.0. The molecule has 0 saturated carbocycles. The van der Waals surface area contributed by atoms with Crippen LogP contribution in [0.4, 0.5) is 5.69 Å². The summed E-state index contributed by atoms with van der Waals surface area (Å²) in [5.74, 6) is 1.74.